The molecule has 0 aromatic carbocycles. The summed E-state index contributed by atoms with van der Waals surface area (Å²) in [6, 6.07) is 0. The molecule has 4 heteroatoms. The van der Waals surface area contributed by atoms with Crippen molar-refractivity contribution in [1.29, 1.82) is 0 Å². The molecule has 10 heavy (non-hydrogen) atoms. The molecule has 2 heterocycles. The van der Waals surface area contributed by atoms with Gasteiger partial charge in [0.15, 0.2) is 0 Å². The maximum atomic E-state index is 2.29. The van der Waals surface area contributed by atoms with Crippen LogP contribution in [0.5, 0.6) is 0 Å². The molecule has 0 fully saturated rings. The normalized spacial score (nSPS) is 16.2. The second-order valence-electron chi connectivity index (χ2n) is 2.70. The lowest BCUT2D eigenvalue weighted by atomic mass is 9.62. The van der Waals surface area contributed by atoms with E-state index in [1.54, 1.807) is 10.9 Å². The van der Waals surface area contributed by atoms with Crippen LogP contribution in [0.2, 0.25) is 13.6 Å². The average Bonchev–Trinajstić information content (AvgIpc) is 2.39. The van der Waals surface area contributed by atoms with E-state index in [9.17, 15) is 0 Å². The molecular formula is C6H8B2S2. The molecule has 0 bridgehead atoms. The summed E-state index contributed by atoms with van der Waals surface area (Å²) in [4.78, 5) is 0. The SMILES string of the molecule is CB1SB(C)c2cscc21. The monoisotopic (exact) mass is 166 g/mol. The van der Waals surface area contributed by atoms with Crippen LogP contribution >= 0.6 is 22.8 Å². The maximum absolute atomic E-state index is 2.29. The lowest BCUT2D eigenvalue weighted by Gasteiger charge is -1.95. The molecule has 0 spiro atoms. The van der Waals surface area contributed by atoms with Gasteiger partial charge in [0.2, 0.25) is 12.0 Å². The second-order valence-corrected chi connectivity index (χ2v) is 5.13. The molecule has 0 N–H and O–H groups in total. The lowest BCUT2D eigenvalue weighted by molar-refractivity contribution is 2.13. The highest BCUT2D eigenvalue weighted by Gasteiger charge is 2.30. The summed E-state index contributed by atoms with van der Waals surface area (Å²) in [5, 5.41) is 4.58. The number of hydrogen-bond acceptors (Lipinski definition) is 2. The van der Waals surface area contributed by atoms with E-state index in [1.165, 1.54) is 0 Å². The smallest absolute Gasteiger partial charge is 0.227 e. The summed E-state index contributed by atoms with van der Waals surface area (Å²) in [6.07, 6.45) is 0. The molecular weight excluding hydrogens is 158 g/mol. The second kappa shape index (κ2) is 2.35. The zero-order valence-electron chi connectivity index (χ0n) is 6.13. The minimum absolute atomic E-state index is 0.733. The Morgan fingerprint density at radius 3 is 2.10 bits per heavy atom. The molecule has 1 aromatic heterocycles. The predicted octanol–water partition coefficient (Wildman–Crippen LogP) is 1.15. The van der Waals surface area contributed by atoms with Crippen molar-refractivity contribution in [1.82, 2.24) is 0 Å². The molecule has 0 amide bonds. The van der Waals surface area contributed by atoms with Gasteiger partial charge in [-0.05, 0) is 10.8 Å². The molecule has 50 valence electrons. The molecule has 1 aromatic rings. The van der Waals surface area contributed by atoms with E-state index >= 15 is 0 Å². The van der Waals surface area contributed by atoms with Gasteiger partial charge in [-0.15, -0.1) is 0 Å². The van der Waals surface area contributed by atoms with Crippen molar-refractivity contribution in [3.8, 4) is 0 Å². The van der Waals surface area contributed by atoms with Crippen LogP contribution in [0, 0.1) is 0 Å². The molecule has 0 saturated heterocycles. The first-order chi connectivity index (χ1) is 4.79. The topological polar surface area (TPSA) is 0 Å². The van der Waals surface area contributed by atoms with Crippen LogP contribution in [0.4, 0.5) is 0 Å². The number of fused-ring (bicyclic) bond motifs is 1. The van der Waals surface area contributed by atoms with Crippen LogP contribution in [-0.2, 0) is 0 Å². The van der Waals surface area contributed by atoms with E-state index in [4.69, 9.17) is 0 Å². The third-order valence-electron chi connectivity index (χ3n) is 2.01. The Hall–Kier alpha value is 0.180. The Balaban J connectivity index is 2.48. The van der Waals surface area contributed by atoms with Crippen molar-refractivity contribution >= 4 is 45.7 Å². The van der Waals surface area contributed by atoms with E-state index in [1.807, 2.05) is 11.3 Å². The minimum Gasteiger partial charge on any atom is -0.244 e. The summed E-state index contributed by atoms with van der Waals surface area (Å²) < 4.78 is 0. The van der Waals surface area contributed by atoms with Gasteiger partial charge in [-0.1, -0.05) is 24.6 Å². The number of thiophene rings is 1. The molecule has 2 rings (SSSR count). The fourth-order valence-electron chi connectivity index (χ4n) is 1.43. The van der Waals surface area contributed by atoms with Crippen molar-refractivity contribution in [2.75, 3.05) is 0 Å². The van der Waals surface area contributed by atoms with E-state index in [0.29, 0.717) is 0 Å². The fraction of sp³-hybridized carbons (Fsp3) is 0.333. The third-order valence-corrected chi connectivity index (χ3v) is 4.11. The highest BCUT2D eigenvalue weighted by atomic mass is 32.2. The zero-order chi connectivity index (χ0) is 7.14. The van der Waals surface area contributed by atoms with Crippen molar-refractivity contribution in [2.24, 2.45) is 0 Å². The van der Waals surface area contributed by atoms with Gasteiger partial charge in [-0.25, -0.2) is 11.5 Å². The Kier molecular flexibility index (Phi) is 1.61. The van der Waals surface area contributed by atoms with Gasteiger partial charge in [0.25, 0.3) is 0 Å². The van der Waals surface area contributed by atoms with Gasteiger partial charge < -0.3 is 0 Å². The first-order valence-corrected chi connectivity index (χ1v) is 5.39. The van der Waals surface area contributed by atoms with Gasteiger partial charge in [-0.3, -0.25) is 0 Å². The Morgan fingerprint density at radius 1 is 1.10 bits per heavy atom. The average molecular weight is 166 g/mol. The first-order valence-electron chi connectivity index (χ1n) is 3.50. The molecule has 1 aliphatic heterocycles. The van der Waals surface area contributed by atoms with Crippen molar-refractivity contribution in [3.05, 3.63) is 10.8 Å². The van der Waals surface area contributed by atoms with E-state index in [2.05, 4.69) is 35.9 Å². The molecule has 1 aliphatic rings. The van der Waals surface area contributed by atoms with Crippen LogP contribution in [-0.4, -0.2) is 12.0 Å². The predicted molar refractivity (Wildman–Crippen MR) is 54.4 cm³/mol. The van der Waals surface area contributed by atoms with Crippen LogP contribution in [0.1, 0.15) is 0 Å². The third kappa shape index (κ3) is 0.857. The lowest BCUT2D eigenvalue weighted by Crippen LogP contribution is -2.29. The first kappa shape index (κ1) is 6.86. The van der Waals surface area contributed by atoms with E-state index < -0.39 is 0 Å². The quantitative estimate of drug-likeness (QED) is 0.521. The van der Waals surface area contributed by atoms with Crippen LogP contribution < -0.4 is 10.9 Å². The molecule has 0 nitrogen and oxygen atoms in total. The molecule has 0 saturated carbocycles. The van der Waals surface area contributed by atoms with Gasteiger partial charge in [-0.2, -0.15) is 11.3 Å². The summed E-state index contributed by atoms with van der Waals surface area (Å²) in [6.45, 7) is 4.58. The van der Waals surface area contributed by atoms with Crippen LogP contribution in [0.25, 0.3) is 0 Å². The highest BCUT2D eigenvalue weighted by molar-refractivity contribution is 8.48. The van der Waals surface area contributed by atoms with Gasteiger partial charge in [0.1, 0.15) is 0 Å². The van der Waals surface area contributed by atoms with Gasteiger partial charge in [0.05, 0.1) is 0 Å². The fourth-order valence-corrected chi connectivity index (χ4v) is 3.96. The number of hydrogen-bond donors (Lipinski definition) is 0. The number of rotatable bonds is 0. The van der Waals surface area contributed by atoms with E-state index in [0.717, 1.165) is 12.0 Å². The van der Waals surface area contributed by atoms with Crippen molar-refractivity contribution < 1.29 is 0 Å². The Labute approximate surface area is 70.4 Å². The molecule has 0 radical (unpaired) electrons. The molecule has 0 aliphatic carbocycles. The Bertz CT molecular complexity index is 223. The highest BCUT2D eigenvalue weighted by Crippen LogP contribution is 2.19. The zero-order valence-corrected chi connectivity index (χ0v) is 7.76. The standard InChI is InChI=1S/C6H8B2S2/c1-7-5-3-9-4-6(5)8(2)10-7/h3-4H,1-2H3. The van der Waals surface area contributed by atoms with Gasteiger partial charge in [0, 0.05) is 0 Å². The van der Waals surface area contributed by atoms with E-state index in [-0.39, 0.29) is 0 Å². The van der Waals surface area contributed by atoms with Crippen molar-refractivity contribution in [2.45, 2.75) is 13.6 Å². The summed E-state index contributed by atoms with van der Waals surface area (Å²) in [5.74, 6) is 1.47. The summed E-state index contributed by atoms with van der Waals surface area (Å²) in [5.41, 5.74) is 3.14. The van der Waals surface area contributed by atoms with Crippen LogP contribution in [0.15, 0.2) is 10.8 Å². The largest absolute Gasteiger partial charge is 0.244 e. The Morgan fingerprint density at radius 2 is 1.60 bits per heavy atom. The van der Waals surface area contributed by atoms with Gasteiger partial charge >= 0.3 is 0 Å². The molecule has 0 unspecified atom stereocenters. The molecule has 0 atom stereocenters. The van der Waals surface area contributed by atoms with Crippen molar-refractivity contribution in [3.63, 3.8) is 0 Å². The maximum Gasteiger partial charge on any atom is 0.227 e. The van der Waals surface area contributed by atoms with Crippen LogP contribution in [0.3, 0.4) is 0 Å². The summed E-state index contributed by atoms with van der Waals surface area (Å²) >= 11 is 3.90. The summed E-state index contributed by atoms with van der Waals surface area (Å²) in [7, 11) is 0. The minimum atomic E-state index is 0.733.